The normalized spacial score (nSPS) is 11.8. The molecule has 0 aliphatic heterocycles. The molecule has 0 amide bonds. The van der Waals surface area contributed by atoms with Crippen LogP contribution >= 0.6 is 0 Å². The lowest BCUT2D eigenvalue weighted by Crippen LogP contribution is -2.10. The van der Waals surface area contributed by atoms with Crippen LogP contribution in [0.25, 0.3) is 0 Å². The zero-order chi connectivity index (χ0) is 14.7. The predicted octanol–water partition coefficient (Wildman–Crippen LogP) is 4.43. The van der Waals surface area contributed by atoms with E-state index in [9.17, 15) is 9.65 Å². The maximum atomic E-state index is 13.4. The maximum absolute atomic E-state index is 13.4. The van der Waals surface area contributed by atoms with Crippen molar-refractivity contribution in [3.63, 3.8) is 0 Å². The second-order valence-electron chi connectivity index (χ2n) is 5.08. The zero-order valence-electron chi connectivity index (χ0n) is 11.9. The van der Waals surface area contributed by atoms with Gasteiger partial charge in [0.25, 0.3) is 0 Å². The molecule has 2 rings (SSSR count). The molecular formula is C17H17FN2. The highest BCUT2D eigenvalue weighted by molar-refractivity contribution is 5.51. The molecule has 0 radical (unpaired) electrons. The van der Waals surface area contributed by atoms with E-state index in [2.05, 4.69) is 11.4 Å². The molecule has 0 saturated heterocycles. The van der Waals surface area contributed by atoms with Crippen LogP contribution in [0.2, 0.25) is 0 Å². The molecule has 0 aliphatic rings. The van der Waals surface area contributed by atoms with Crippen molar-refractivity contribution in [3.8, 4) is 6.07 Å². The van der Waals surface area contributed by atoms with Gasteiger partial charge in [0.15, 0.2) is 0 Å². The number of hydrogen-bond donors (Lipinski definition) is 1. The molecule has 1 N–H and O–H groups in total. The maximum Gasteiger partial charge on any atom is 0.140 e. The monoisotopic (exact) mass is 268 g/mol. The lowest BCUT2D eigenvalue weighted by atomic mass is 9.99. The van der Waals surface area contributed by atoms with Crippen molar-refractivity contribution < 1.29 is 4.39 Å². The van der Waals surface area contributed by atoms with Crippen LogP contribution < -0.4 is 5.32 Å². The summed E-state index contributed by atoms with van der Waals surface area (Å²) in [5, 5.41) is 12.5. The Hall–Kier alpha value is -2.34. The molecule has 2 aromatic carbocycles. The highest BCUT2D eigenvalue weighted by atomic mass is 19.1. The first-order valence-corrected chi connectivity index (χ1v) is 6.50. The topological polar surface area (TPSA) is 35.8 Å². The average Bonchev–Trinajstić information content (AvgIpc) is 2.38. The minimum Gasteiger partial charge on any atom is -0.366 e. The fourth-order valence-corrected chi connectivity index (χ4v) is 2.24. The number of nitriles is 1. The number of anilines is 1. The van der Waals surface area contributed by atoms with E-state index < -0.39 is 6.04 Å². The van der Waals surface area contributed by atoms with E-state index in [0.717, 1.165) is 22.3 Å². The van der Waals surface area contributed by atoms with Gasteiger partial charge in [0, 0.05) is 5.69 Å². The van der Waals surface area contributed by atoms with E-state index in [1.807, 2.05) is 45.0 Å². The number of rotatable bonds is 3. The highest BCUT2D eigenvalue weighted by Crippen LogP contribution is 2.24. The van der Waals surface area contributed by atoms with Gasteiger partial charge in [0.2, 0.25) is 0 Å². The van der Waals surface area contributed by atoms with Crippen LogP contribution in [0.3, 0.4) is 0 Å². The van der Waals surface area contributed by atoms with Crippen LogP contribution in [-0.2, 0) is 0 Å². The summed E-state index contributed by atoms with van der Waals surface area (Å²) in [7, 11) is 0. The lowest BCUT2D eigenvalue weighted by molar-refractivity contribution is 0.627. The van der Waals surface area contributed by atoms with E-state index >= 15 is 0 Å². The molecule has 0 aromatic heterocycles. The Morgan fingerprint density at radius 2 is 1.80 bits per heavy atom. The number of benzene rings is 2. The van der Waals surface area contributed by atoms with Crippen LogP contribution in [0, 0.1) is 37.9 Å². The van der Waals surface area contributed by atoms with Gasteiger partial charge in [-0.3, -0.25) is 0 Å². The van der Waals surface area contributed by atoms with Crippen molar-refractivity contribution in [1.29, 1.82) is 5.26 Å². The smallest absolute Gasteiger partial charge is 0.140 e. The van der Waals surface area contributed by atoms with Crippen LogP contribution in [0.4, 0.5) is 10.1 Å². The Morgan fingerprint density at radius 3 is 2.45 bits per heavy atom. The Kier molecular flexibility index (Phi) is 4.05. The van der Waals surface area contributed by atoms with Crippen molar-refractivity contribution in [3.05, 3.63) is 64.5 Å². The average molecular weight is 268 g/mol. The van der Waals surface area contributed by atoms with Gasteiger partial charge in [-0.25, -0.2) is 4.39 Å². The molecule has 3 heteroatoms. The fraction of sp³-hybridized carbons (Fsp3) is 0.235. The first kappa shape index (κ1) is 14.1. The van der Waals surface area contributed by atoms with Crippen molar-refractivity contribution in [1.82, 2.24) is 0 Å². The quantitative estimate of drug-likeness (QED) is 0.894. The van der Waals surface area contributed by atoms with Crippen LogP contribution in [0.1, 0.15) is 28.3 Å². The predicted molar refractivity (Wildman–Crippen MR) is 79.0 cm³/mol. The summed E-state index contributed by atoms with van der Waals surface area (Å²) in [5.41, 5.74) is 4.51. The number of nitrogens with one attached hydrogen (secondary N) is 1. The van der Waals surface area contributed by atoms with Crippen LogP contribution in [-0.4, -0.2) is 0 Å². The molecule has 0 bridgehead atoms. The van der Waals surface area contributed by atoms with E-state index in [1.54, 1.807) is 0 Å². The van der Waals surface area contributed by atoms with Gasteiger partial charge < -0.3 is 5.32 Å². The van der Waals surface area contributed by atoms with Gasteiger partial charge in [0.05, 0.1) is 6.07 Å². The van der Waals surface area contributed by atoms with Gasteiger partial charge in [-0.15, -0.1) is 0 Å². The fourth-order valence-electron chi connectivity index (χ4n) is 2.24. The van der Waals surface area contributed by atoms with E-state index in [1.165, 1.54) is 12.1 Å². The lowest BCUT2D eigenvalue weighted by Gasteiger charge is -2.16. The molecule has 1 atom stereocenters. The molecule has 102 valence electrons. The van der Waals surface area contributed by atoms with E-state index in [4.69, 9.17) is 0 Å². The summed E-state index contributed by atoms with van der Waals surface area (Å²) in [6.07, 6.45) is 0. The molecule has 0 heterocycles. The van der Waals surface area contributed by atoms with E-state index in [0.29, 0.717) is 5.69 Å². The number of nitrogens with zero attached hydrogens (tertiary/aromatic N) is 1. The van der Waals surface area contributed by atoms with Crippen molar-refractivity contribution in [2.24, 2.45) is 0 Å². The Labute approximate surface area is 118 Å². The van der Waals surface area contributed by atoms with Gasteiger partial charge in [-0.1, -0.05) is 23.8 Å². The van der Waals surface area contributed by atoms with Gasteiger partial charge in [-0.05, 0) is 55.7 Å². The van der Waals surface area contributed by atoms with Gasteiger partial charge >= 0.3 is 0 Å². The molecule has 0 fully saturated rings. The van der Waals surface area contributed by atoms with E-state index in [-0.39, 0.29) is 5.82 Å². The molecule has 0 saturated carbocycles. The highest BCUT2D eigenvalue weighted by Gasteiger charge is 2.13. The number of aryl methyl sites for hydroxylation is 3. The zero-order valence-corrected chi connectivity index (χ0v) is 11.9. The SMILES string of the molecule is Cc1cc(F)cc(NC(C#N)c2cc(C)ccc2C)c1. The molecule has 0 spiro atoms. The number of hydrogen-bond acceptors (Lipinski definition) is 2. The standard InChI is InChI=1S/C17H17FN2/c1-11-4-5-13(3)16(8-11)17(10-19)20-15-7-12(2)6-14(18)9-15/h4-9,17,20H,1-3H3. The molecule has 1 unspecified atom stereocenters. The van der Waals surface area contributed by atoms with Gasteiger partial charge in [0.1, 0.15) is 11.9 Å². The van der Waals surface area contributed by atoms with Crippen molar-refractivity contribution in [2.75, 3.05) is 5.32 Å². The molecule has 0 aliphatic carbocycles. The minimum absolute atomic E-state index is 0.301. The summed E-state index contributed by atoms with van der Waals surface area (Å²) < 4.78 is 13.4. The third-order valence-corrected chi connectivity index (χ3v) is 3.23. The first-order chi connectivity index (χ1) is 9.49. The summed E-state index contributed by atoms with van der Waals surface area (Å²) >= 11 is 0. The summed E-state index contributed by atoms with van der Waals surface area (Å²) in [4.78, 5) is 0. The van der Waals surface area contributed by atoms with Gasteiger partial charge in [-0.2, -0.15) is 5.26 Å². The summed E-state index contributed by atoms with van der Waals surface area (Å²) in [6, 6.07) is 12.4. The van der Waals surface area contributed by atoms with Crippen LogP contribution in [0.5, 0.6) is 0 Å². The molecule has 2 nitrogen and oxygen atoms in total. The Balaban J connectivity index is 2.34. The molecule has 20 heavy (non-hydrogen) atoms. The Morgan fingerprint density at radius 1 is 1.05 bits per heavy atom. The molecular weight excluding hydrogens is 251 g/mol. The third kappa shape index (κ3) is 3.16. The van der Waals surface area contributed by atoms with Crippen LogP contribution in [0.15, 0.2) is 36.4 Å². The summed E-state index contributed by atoms with van der Waals surface area (Å²) in [5.74, 6) is -0.301. The minimum atomic E-state index is -0.490. The number of halogens is 1. The Bertz CT molecular complexity index is 651. The second kappa shape index (κ2) is 5.75. The van der Waals surface area contributed by atoms with Crippen molar-refractivity contribution in [2.45, 2.75) is 26.8 Å². The first-order valence-electron chi connectivity index (χ1n) is 6.50. The third-order valence-electron chi connectivity index (χ3n) is 3.23. The largest absolute Gasteiger partial charge is 0.366 e. The second-order valence-corrected chi connectivity index (χ2v) is 5.08. The summed E-state index contributed by atoms with van der Waals surface area (Å²) in [6.45, 7) is 5.79. The van der Waals surface area contributed by atoms with Crippen molar-refractivity contribution >= 4 is 5.69 Å². The molecule has 2 aromatic rings.